The van der Waals surface area contributed by atoms with Crippen molar-refractivity contribution in [3.8, 4) is 0 Å². The van der Waals surface area contributed by atoms with E-state index in [1.165, 1.54) is 22.2 Å². The van der Waals surface area contributed by atoms with Gasteiger partial charge in [0.25, 0.3) is 11.5 Å². The maximum atomic E-state index is 13.0. The van der Waals surface area contributed by atoms with Crippen LogP contribution in [0, 0.1) is 0 Å². The van der Waals surface area contributed by atoms with Gasteiger partial charge in [0.2, 0.25) is 0 Å². The Morgan fingerprint density at radius 3 is 2.90 bits per heavy atom. The van der Waals surface area contributed by atoms with Crippen LogP contribution in [0.15, 0.2) is 29.5 Å². The van der Waals surface area contributed by atoms with Gasteiger partial charge in [-0.15, -0.1) is 11.3 Å². The number of amides is 1. The molecule has 5 aromatic rings. The van der Waals surface area contributed by atoms with Crippen molar-refractivity contribution in [2.24, 2.45) is 12.8 Å². The third kappa shape index (κ3) is 2.81. The third-order valence-electron chi connectivity index (χ3n) is 4.65. The number of nitrogens with two attached hydrogens (primary N) is 1. The Labute approximate surface area is 166 Å². The first-order valence-electron chi connectivity index (χ1n) is 8.67. The highest BCUT2D eigenvalue weighted by atomic mass is 32.1. The predicted octanol–water partition coefficient (Wildman–Crippen LogP) is 0.529. The minimum absolute atomic E-state index is 0.0440. The summed E-state index contributed by atoms with van der Waals surface area (Å²) in [6.45, 7) is 0.145. The van der Waals surface area contributed by atoms with Crippen LogP contribution in [0.1, 0.15) is 27.0 Å². The number of nitrogens with one attached hydrogen (secondary N) is 2. The first kappa shape index (κ1) is 17.3. The summed E-state index contributed by atoms with van der Waals surface area (Å²) in [6, 6.07) is 1.91. The molecule has 0 bridgehead atoms. The van der Waals surface area contributed by atoms with E-state index in [0.29, 0.717) is 17.6 Å². The molecule has 146 valence electrons. The fraction of sp³-hybridized carbons (Fsp3) is 0.176. The van der Waals surface area contributed by atoms with Crippen molar-refractivity contribution in [3.05, 3.63) is 57.2 Å². The number of primary amides is 1. The van der Waals surface area contributed by atoms with Crippen molar-refractivity contribution in [2.75, 3.05) is 0 Å². The van der Waals surface area contributed by atoms with E-state index in [2.05, 4.69) is 25.3 Å². The van der Waals surface area contributed by atoms with Gasteiger partial charge in [-0.1, -0.05) is 0 Å². The molecule has 11 nitrogen and oxygen atoms in total. The molecule has 0 fully saturated rings. The standard InChI is InChI=1S/C17H15N9O2S/c1-25-12-10(13-16(25)23-11(29-13)4-8-2-3-20-24-8)6-21-26(17(12)28)7-9-5-19-15(22-9)14(18)27/h2-3,5-6H,4,7H2,1H3,(H2,18,27)(H,19,22)(H,20,24). The summed E-state index contributed by atoms with van der Waals surface area (Å²) in [6.07, 6.45) is 5.48. The molecule has 5 aromatic heterocycles. The van der Waals surface area contributed by atoms with Gasteiger partial charge in [0.15, 0.2) is 11.5 Å². The van der Waals surface area contributed by atoms with Crippen LogP contribution in [0.5, 0.6) is 0 Å². The zero-order chi connectivity index (χ0) is 20.1. The van der Waals surface area contributed by atoms with Crippen LogP contribution in [-0.2, 0) is 20.0 Å². The number of H-pyrrole nitrogens is 2. The quantitative estimate of drug-likeness (QED) is 0.385. The lowest BCUT2D eigenvalue weighted by atomic mass is 10.3. The van der Waals surface area contributed by atoms with Crippen LogP contribution in [0.25, 0.3) is 21.3 Å². The second-order valence-electron chi connectivity index (χ2n) is 6.57. The van der Waals surface area contributed by atoms with E-state index in [4.69, 9.17) is 10.7 Å². The van der Waals surface area contributed by atoms with Crippen molar-refractivity contribution in [3.63, 3.8) is 0 Å². The Bertz CT molecular complexity index is 1420. The van der Waals surface area contributed by atoms with E-state index < -0.39 is 5.91 Å². The molecule has 0 unspecified atom stereocenters. The maximum absolute atomic E-state index is 13.0. The number of hydrogen-bond acceptors (Lipinski definition) is 7. The zero-order valence-electron chi connectivity index (χ0n) is 15.2. The topological polar surface area (TPSA) is 153 Å². The van der Waals surface area contributed by atoms with E-state index in [-0.39, 0.29) is 17.9 Å². The molecule has 12 heteroatoms. The number of rotatable bonds is 5. The van der Waals surface area contributed by atoms with Gasteiger partial charge in [-0.3, -0.25) is 14.7 Å². The van der Waals surface area contributed by atoms with Crippen molar-refractivity contribution in [1.82, 2.24) is 39.5 Å². The summed E-state index contributed by atoms with van der Waals surface area (Å²) in [5, 5.41) is 12.9. The van der Waals surface area contributed by atoms with E-state index >= 15 is 0 Å². The van der Waals surface area contributed by atoms with Gasteiger partial charge in [0.05, 0.1) is 29.3 Å². The SMILES string of the molecule is Cn1c2nc(Cc3ccn[nH]3)sc2c2cnn(Cc3cnc(C(N)=O)[nH]3)c(=O)c21. The molecule has 0 aliphatic rings. The minimum Gasteiger partial charge on any atom is -0.363 e. The van der Waals surface area contributed by atoms with Gasteiger partial charge in [-0.2, -0.15) is 10.2 Å². The summed E-state index contributed by atoms with van der Waals surface area (Å²) in [5.41, 5.74) is 7.75. The highest BCUT2D eigenvalue weighted by Gasteiger charge is 2.19. The highest BCUT2D eigenvalue weighted by molar-refractivity contribution is 7.19. The Balaban J connectivity index is 1.55. The average molecular weight is 409 g/mol. The van der Waals surface area contributed by atoms with Crippen molar-refractivity contribution in [1.29, 1.82) is 0 Å². The molecule has 0 atom stereocenters. The Kier molecular flexibility index (Phi) is 3.81. The summed E-state index contributed by atoms with van der Waals surface area (Å²) < 4.78 is 4.03. The maximum Gasteiger partial charge on any atom is 0.291 e. The molecule has 0 radical (unpaired) electrons. The molecule has 4 N–H and O–H groups in total. The Morgan fingerprint density at radius 2 is 2.17 bits per heavy atom. The number of fused-ring (bicyclic) bond motifs is 3. The van der Waals surface area contributed by atoms with Crippen LogP contribution in [-0.4, -0.2) is 45.4 Å². The normalized spacial score (nSPS) is 11.6. The number of carbonyl (C=O) groups is 1. The molecule has 29 heavy (non-hydrogen) atoms. The number of aryl methyl sites for hydroxylation is 1. The Hall–Kier alpha value is -3.80. The third-order valence-corrected chi connectivity index (χ3v) is 5.73. The smallest absolute Gasteiger partial charge is 0.291 e. The summed E-state index contributed by atoms with van der Waals surface area (Å²) in [7, 11) is 1.82. The van der Waals surface area contributed by atoms with Gasteiger partial charge in [-0.25, -0.2) is 14.6 Å². The summed E-state index contributed by atoms with van der Waals surface area (Å²) in [5.74, 6) is -0.616. The number of hydrogen-bond donors (Lipinski definition) is 3. The molecule has 0 saturated heterocycles. The molecule has 0 spiro atoms. The monoisotopic (exact) mass is 409 g/mol. The first-order valence-corrected chi connectivity index (χ1v) is 9.48. The van der Waals surface area contributed by atoms with Gasteiger partial charge in [0.1, 0.15) is 10.5 Å². The van der Waals surface area contributed by atoms with Crippen LogP contribution in [0.2, 0.25) is 0 Å². The lowest BCUT2D eigenvalue weighted by Crippen LogP contribution is -2.24. The fourth-order valence-electron chi connectivity index (χ4n) is 3.29. The second-order valence-corrected chi connectivity index (χ2v) is 7.65. The number of aromatic amines is 2. The summed E-state index contributed by atoms with van der Waals surface area (Å²) >= 11 is 1.54. The van der Waals surface area contributed by atoms with E-state index in [9.17, 15) is 9.59 Å². The van der Waals surface area contributed by atoms with Gasteiger partial charge < -0.3 is 15.3 Å². The number of imidazole rings is 1. The van der Waals surface area contributed by atoms with Gasteiger partial charge in [0, 0.05) is 30.7 Å². The number of carbonyl (C=O) groups excluding carboxylic acids is 1. The molecule has 5 heterocycles. The second kappa shape index (κ2) is 6.38. The molecule has 0 aliphatic heterocycles. The van der Waals surface area contributed by atoms with Crippen molar-refractivity contribution >= 4 is 38.5 Å². The van der Waals surface area contributed by atoms with Crippen LogP contribution >= 0.6 is 11.3 Å². The molecule has 0 aromatic carbocycles. The Morgan fingerprint density at radius 1 is 1.31 bits per heavy atom. The number of aromatic nitrogens is 8. The number of thiazole rings is 1. The van der Waals surface area contributed by atoms with Gasteiger partial charge in [-0.05, 0) is 6.07 Å². The van der Waals surface area contributed by atoms with Crippen molar-refractivity contribution < 1.29 is 4.79 Å². The van der Waals surface area contributed by atoms with E-state index in [0.717, 1.165) is 26.4 Å². The van der Waals surface area contributed by atoms with Crippen LogP contribution < -0.4 is 11.3 Å². The lowest BCUT2D eigenvalue weighted by molar-refractivity contribution is 0.0991. The van der Waals surface area contributed by atoms with E-state index in [1.54, 1.807) is 17.0 Å². The molecule has 0 saturated carbocycles. The minimum atomic E-state index is -0.660. The molecular weight excluding hydrogens is 394 g/mol. The van der Waals surface area contributed by atoms with Gasteiger partial charge >= 0.3 is 0 Å². The molecular formula is C17H15N9O2S. The molecule has 0 aliphatic carbocycles. The molecule has 5 rings (SSSR count). The first-order chi connectivity index (χ1) is 14.0. The predicted molar refractivity (Wildman–Crippen MR) is 106 cm³/mol. The largest absolute Gasteiger partial charge is 0.363 e. The summed E-state index contributed by atoms with van der Waals surface area (Å²) in [4.78, 5) is 35.6. The lowest BCUT2D eigenvalue weighted by Gasteiger charge is -2.04. The zero-order valence-corrected chi connectivity index (χ0v) is 16.0. The highest BCUT2D eigenvalue weighted by Crippen LogP contribution is 2.31. The van der Waals surface area contributed by atoms with Crippen LogP contribution in [0.4, 0.5) is 0 Å². The molecule has 1 amide bonds. The van der Waals surface area contributed by atoms with E-state index in [1.807, 2.05) is 13.1 Å². The fourth-order valence-corrected chi connectivity index (χ4v) is 4.42. The average Bonchev–Trinajstić information content (AvgIpc) is 3.45. The van der Waals surface area contributed by atoms with Crippen LogP contribution in [0.3, 0.4) is 0 Å². The number of nitrogens with zero attached hydrogens (tertiary/aromatic N) is 6. The van der Waals surface area contributed by atoms with Crippen molar-refractivity contribution in [2.45, 2.75) is 13.0 Å².